The van der Waals surface area contributed by atoms with E-state index in [2.05, 4.69) is 15.6 Å². The van der Waals surface area contributed by atoms with Crippen molar-refractivity contribution in [2.45, 2.75) is 13.0 Å². The lowest BCUT2D eigenvalue weighted by Crippen LogP contribution is -2.32. The Balaban J connectivity index is 1.78. The molecule has 1 aromatic carbocycles. The number of para-hydroxylation sites is 1. The molecule has 1 aromatic heterocycles. The molecule has 0 spiro atoms. The minimum absolute atomic E-state index is 0.0993. The van der Waals surface area contributed by atoms with Gasteiger partial charge in [-0.1, -0.05) is 6.07 Å². The Morgan fingerprint density at radius 3 is 3.04 bits per heavy atom. The lowest BCUT2D eigenvalue weighted by Gasteiger charge is -2.23. The van der Waals surface area contributed by atoms with Crippen LogP contribution in [0.4, 0.5) is 11.5 Å². The standard InChI is InChI=1S/C16H21N7O3/c17-5-8-25-10-3-1-4-11-13(10)21-14-12(26-11)9-23(16(24)22-14)7-2-6-20-15(18)19/h1,3-4,9H,2,5-8,17H2,(H4,18,19,20)(H,21,22,24). The molecule has 3 rings (SSSR count). The van der Waals surface area contributed by atoms with Gasteiger partial charge in [-0.05, 0) is 18.6 Å². The number of aromatic nitrogens is 2. The number of anilines is 2. The summed E-state index contributed by atoms with van der Waals surface area (Å²) < 4.78 is 12.9. The van der Waals surface area contributed by atoms with E-state index < -0.39 is 5.69 Å². The third-order valence-electron chi connectivity index (χ3n) is 3.68. The van der Waals surface area contributed by atoms with Crippen LogP contribution in [0.2, 0.25) is 0 Å². The normalized spacial score (nSPS) is 11.6. The molecule has 0 fully saturated rings. The Kier molecular flexibility index (Phi) is 5.23. The molecule has 1 aliphatic heterocycles. The molecule has 0 saturated heterocycles. The van der Waals surface area contributed by atoms with Gasteiger partial charge in [0.15, 0.2) is 23.3 Å². The van der Waals surface area contributed by atoms with Crippen LogP contribution in [0, 0.1) is 5.41 Å². The molecule has 10 nitrogen and oxygen atoms in total. The van der Waals surface area contributed by atoms with Crippen LogP contribution in [0.3, 0.4) is 0 Å². The highest BCUT2D eigenvalue weighted by Gasteiger charge is 2.22. The molecule has 0 amide bonds. The SMILES string of the molecule is N=C(N)NCCCn1cc2c(nc1=O)Nc1c(OCCN)cccc1O2. The van der Waals surface area contributed by atoms with Crippen LogP contribution >= 0.6 is 0 Å². The molecular formula is C16H21N7O3. The number of nitrogens with zero attached hydrogens (tertiary/aromatic N) is 2. The quantitative estimate of drug-likeness (QED) is 0.229. The van der Waals surface area contributed by atoms with Crippen molar-refractivity contribution in [2.75, 3.05) is 25.0 Å². The zero-order valence-electron chi connectivity index (χ0n) is 14.1. The molecule has 2 aromatic rings. The summed E-state index contributed by atoms with van der Waals surface area (Å²) in [5.74, 6) is 1.85. The first kappa shape index (κ1) is 17.5. The van der Waals surface area contributed by atoms with Crippen LogP contribution in [0.1, 0.15) is 6.42 Å². The lowest BCUT2D eigenvalue weighted by molar-refractivity contribution is 0.328. The van der Waals surface area contributed by atoms with E-state index in [4.69, 9.17) is 26.4 Å². The van der Waals surface area contributed by atoms with Gasteiger partial charge in [-0.3, -0.25) is 9.98 Å². The van der Waals surface area contributed by atoms with Gasteiger partial charge in [0.05, 0.1) is 6.20 Å². The molecule has 10 heteroatoms. The van der Waals surface area contributed by atoms with Gasteiger partial charge in [0, 0.05) is 19.6 Å². The van der Waals surface area contributed by atoms with Crippen molar-refractivity contribution in [1.29, 1.82) is 5.41 Å². The summed E-state index contributed by atoms with van der Waals surface area (Å²) in [4.78, 5) is 16.3. The van der Waals surface area contributed by atoms with Gasteiger partial charge >= 0.3 is 5.69 Å². The van der Waals surface area contributed by atoms with Crippen LogP contribution in [0.15, 0.2) is 29.2 Å². The van der Waals surface area contributed by atoms with E-state index in [0.29, 0.717) is 61.4 Å². The van der Waals surface area contributed by atoms with Gasteiger partial charge in [-0.15, -0.1) is 0 Å². The molecule has 2 heterocycles. The summed E-state index contributed by atoms with van der Waals surface area (Å²) >= 11 is 0. The molecule has 7 N–H and O–H groups in total. The highest BCUT2D eigenvalue weighted by molar-refractivity contribution is 5.77. The Labute approximate surface area is 149 Å². The number of guanidine groups is 1. The van der Waals surface area contributed by atoms with Crippen molar-refractivity contribution in [1.82, 2.24) is 14.9 Å². The second kappa shape index (κ2) is 7.74. The topological polar surface area (TPSA) is 153 Å². The number of benzene rings is 1. The van der Waals surface area contributed by atoms with Gasteiger partial charge in [-0.2, -0.15) is 4.98 Å². The fraction of sp³-hybridized carbons (Fsp3) is 0.312. The van der Waals surface area contributed by atoms with Crippen LogP contribution < -0.4 is 37.3 Å². The van der Waals surface area contributed by atoms with E-state index in [1.54, 1.807) is 18.3 Å². The molecule has 0 atom stereocenters. The molecule has 0 radical (unpaired) electrons. The minimum atomic E-state index is -0.397. The number of rotatable bonds is 7. The summed E-state index contributed by atoms with van der Waals surface area (Å²) in [6.45, 7) is 1.68. The fourth-order valence-corrected chi connectivity index (χ4v) is 2.52. The number of fused-ring (bicyclic) bond motifs is 2. The predicted octanol–water partition coefficient (Wildman–Crippen LogP) is 0.303. The molecule has 138 valence electrons. The minimum Gasteiger partial charge on any atom is -0.490 e. The number of nitrogens with two attached hydrogens (primary N) is 2. The number of hydrogen-bond acceptors (Lipinski definition) is 7. The molecule has 0 aliphatic carbocycles. The largest absolute Gasteiger partial charge is 0.490 e. The summed E-state index contributed by atoms with van der Waals surface area (Å²) in [7, 11) is 0. The summed E-state index contributed by atoms with van der Waals surface area (Å²) in [6, 6.07) is 5.40. The fourth-order valence-electron chi connectivity index (χ4n) is 2.52. The second-order valence-corrected chi connectivity index (χ2v) is 5.62. The molecule has 1 aliphatic rings. The molecule has 26 heavy (non-hydrogen) atoms. The summed E-state index contributed by atoms with van der Waals surface area (Å²) in [6.07, 6.45) is 2.23. The Morgan fingerprint density at radius 1 is 1.42 bits per heavy atom. The van der Waals surface area contributed by atoms with Crippen molar-refractivity contribution in [2.24, 2.45) is 11.5 Å². The number of ether oxygens (including phenoxy) is 2. The van der Waals surface area contributed by atoms with Crippen LogP contribution in [0.5, 0.6) is 17.2 Å². The van der Waals surface area contributed by atoms with Crippen molar-refractivity contribution in [3.8, 4) is 17.2 Å². The average Bonchev–Trinajstić information content (AvgIpc) is 2.62. The average molecular weight is 359 g/mol. The van der Waals surface area contributed by atoms with E-state index in [9.17, 15) is 4.79 Å². The first-order valence-electron chi connectivity index (χ1n) is 8.18. The van der Waals surface area contributed by atoms with E-state index in [1.165, 1.54) is 4.57 Å². The summed E-state index contributed by atoms with van der Waals surface area (Å²) in [5.41, 5.74) is 10.9. The smallest absolute Gasteiger partial charge is 0.349 e. The predicted molar refractivity (Wildman–Crippen MR) is 97.4 cm³/mol. The summed E-state index contributed by atoms with van der Waals surface area (Å²) in [5, 5.41) is 12.9. The number of hydrogen-bond donors (Lipinski definition) is 5. The Morgan fingerprint density at radius 2 is 2.27 bits per heavy atom. The maximum atomic E-state index is 12.2. The first-order chi connectivity index (χ1) is 12.6. The second-order valence-electron chi connectivity index (χ2n) is 5.62. The first-order valence-corrected chi connectivity index (χ1v) is 8.18. The maximum Gasteiger partial charge on any atom is 0.349 e. The zero-order valence-corrected chi connectivity index (χ0v) is 14.1. The molecule has 0 bridgehead atoms. The highest BCUT2D eigenvalue weighted by atomic mass is 16.5. The van der Waals surface area contributed by atoms with Crippen molar-refractivity contribution >= 4 is 17.5 Å². The Bertz CT molecular complexity index is 865. The van der Waals surface area contributed by atoms with Crippen molar-refractivity contribution in [3.05, 3.63) is 34.9 Å². The van der Waals surface area contributed by atoms with Crippen LogP contribution in [-0.2, 0) is 6.54 Å². The van der Waals surface area contributed by atoms with Gasteiger partial charge in [-0.25, -0.2) is 4.79 Å². The zero-order chi connectivity index (χ0) is 18.5. The number of aryl methyl sites for hydroxylation is 1. The van der Waals surface area contributed by atoms with Crippen molar-refractivity contribution in [3.63, 3.8) is 0 Å². The van der Waals surface area contributed by atoms with Crippen LogP contribution in [0.25, 0.3) is 0 Å². The van der Waals surface area contributed by atoms with Crippen LogP contribution in [-0.4, -0.2) is 35.2 Å². The number of nitrogens with one attached hydrogen (secondary N) is 3. The van der Waals surface area contributed by atoms with E-state index in [-0.39, 0.29) is 5.96 Å². The van der Waals surface area contributed by atoms with E-state index in [0.717, 1.165) is 0 Å². The van der Waals surface area contributed by atoms with Crippen molar-refractivity contribution < 1.29 is 9.47 Å². The highest BCUT2D eigenvalue weighted by Crippen LogP contribution is 2.44. The van der Waals surface area contributed by atoms with Gasteiger partial charge in [0.25, 0.3) is 0 Å². The molecule has 0 saturated carbocycles. The monoisotopic (exact) mass is 359 g/mol. The lowest BCUT2D eigenvalue weighted by atomic mass is 10.2. The van der Waals surface area contributed by atoms with Gasteiger partial charge in [0.1, 0.15) is 18.0 Å². The third-order valence-corrected chi connectivity index (χ3v) is 3.68. The Hall–Kier alpha value is -3.27. The molecule has 0 unspecified atom stereocenters. The van der Waals surface area contributed by atoms with E-state index in [1.807, 2.05) is 6.07 Å². The van der Waals surface area contributed by atoms with E-state index >= 15 is 0 Å². The third kappa shape index (κ3) is 3.86. The van der Waals surface area contributed by atoms with Gasteiger partial charge < -0.3 is 31.6 Å². The maximum absolute atomic E-state index is 12.2. The molecular weight excluding hydrogens is 338 g/mol. The van der Waals surface area contributed by atoms with Gasteiger partial charge in [0.2, 0.25) is 0 Å².